The van der Waals surface area contributed by atoms with E-state index in [1.807, 2.05) is 0 Å². The Morgan fingerprint density at radius 2 is 1.83 bits per heavy atom. The monoisotopic (exact) mass is 416 g/mol. The average molecular weight is 417 g/mol. The lowest BCUT2D eigenvalue weighted by Gasteiger charge is -2.31. The van der Waals surface area contributed by atoms with Gasteiger partial charge in [0.15, 0.2) is 5.96 Å². The van der Waals surface area contributed by atoms with Crippen LogP contribution in [0.15, 0.2) is 35.3 Å². The van der Waals surface area contributed by atoms with Crippen LogP contribution in [0.25, 0.3) is 0 Å². The zero-order valence-corrected chi connectivity index (χ0v) is 18.6. The number of hydrogen-bond acceptors (Lipinski definition) is 4. The minimum absolute atomic E-state index is 0.120. The van der Waals surface area contributed by atoms with E-state index in [0.717, 1.165) is 90.2 Å². The van der Waals surface area contributed by atoms with Crippen molar-refractivity contribution in [3.63, 3.8) is 0 Å². The standard InChI is InChI=1S/C24H40N4O2/c1-2-25-24(27-21-9-11-22(29)12-10-21)26-15-6-18-30-23-13-16-28(17-14-23)19-20-7-4-3-5-8-20/h3-5,7-8,21-23,29H,2,6,9-19H2,1H3,(H2,25,26,27). The fourth-order valence-corrected chi connectivity index (χ4v) is 4.31. The molecule has 3 N–H and O–H groups in total. The smallest absolute Gasteiger partial charge is 0.191 e. The van der Waals surface area contributed by atoms with Gasteiger partial charge in [-0.15, -0.1) is 0 Å². The third-order valence-corrected chi connectivity index (χ3v) is 6.09. The maximum atomic E-state index is 9.66. The summed E-state index contributed by atoms with van der Waals surface area (Å²) in [5.41, 5.74) is 1.39. The Hall–Kier alpha value is -1.63. The summed E-state index contributed by atoms with van der Waals surface area (Å²) < 4.78 is 6.12. The largest absolute Gasteiger partial charge is 0.393 e. The van der Waals surface area contributed by atoms with E-state index >= 15 is 0 Å². The molecule has 0 bridgehead atoms. The Morgan fingerprint density at radius 1 is 1.10 bits per heavy atom. The second-order valence-corrected chi connectivity index (χ2v) is 8.60. The minimum atomic E-state index is -0.120. The number of nitrogens with one attached hydrogen (secondary N) is 2. The molecule has 1 saturated heterocycles. The van der Waals surface area contributed by atoms with Gasteiger partial charge in [-0.05, 0) is 57.4 Å². The predicted octanol–water partition coefficient (Wildman–Crippen LogP) is 2.92. The van der Waals surface area contributed by atoms with E-state index in [4.69, 9.17) is 9.73 Å². The number of likely N-dealkylation sites (tertiary alicyclic amines) is 1. The molecule has 0 radical (unpaired) electrons. The fourth-order valence-electron chi connectivity index (χ4n) is 4.31. The number of rotatable bonds is 9. The first kappa shape index (κ1) is 23.0. The van der Waals surface area contributed by atoms with Crippen LogP contribution in [0.4, 0.5) is 0 Å². The van der Waals surface area contributed by atoms with Gasteiger partial charge in [-0.2, -0.15) is 0 Å². The highest BCUT2D eigenvalue weighted by atomic mass is 16.5. The summed E-state index contributed by atoms with van der Waals surface area (Å²) in [7, 11) is 0. The van der Waals surface area contributed by atoms with Gasteiger partial charge in [0.2, 0.25) is 0 Å². The molecule has 168 valence electrons. The summed E-state index contributed by atoms with van der Waals surface area (Å²) >= 11 is 0. The predicted molar refractivity (Wildman–Crippen MR) is 123 cm³/mol. The van der Waals surface area contributed by atoms with Crippen LogP contribution >= 0.6 is 0 Å². The normalized spacial score (nSPS) is 24.0. The number of aliphatic hydroxyl groups excluding tert-OH is 1. The van der Waals surface area contributed by atoms with Gasteiger partial charge in [0.05, 0.1) is 12.2 Å². The molecule has 30 heavy (non-hydrogen) atoms. The number of piperidine rings is 1. The summed E-state index contributed by atoms with van der Waals surface area (Å²) in [6, 6.07) is 11.1. The van der Waals surface area contributed by atoms with Crippen molar-refractivity contribution >= 4 is 5.96 Å². The van der Waals surface area contributed by atoms with Gasteiger partial charge in [0.25, 0.3) is 0 Å². The minimum Gasteiger partial charge on any atom is -0.393 e. The maximum Gasteiger partial charge on any atom is 0.191 e. The van der Waals surface area contributed by atoms with Crippen molar-refractivity contribution in [3.8, 4) is 0 Å². The topological polar surface area (TPSA) is 69.1 Å². The van der Waals surface area contributed by atoms with Crippen LogP contribution in [0.3, 0.4) is 0 Å². The van der Waals surface area contributed by atoms with Crippen LogP contribution in [-0.2, 0) is 11.3 Å². The first-order chi connectivity index (χ1) is 14.7. The van der Waals surface area contributed by atoms with Crippen LogP contribution in [0.2, 0.25) is 0 Å². The molecule has 2 fully saturated rings. The zero-order chi connectivity index (χ0) is 21.0. The lowest BCUT2D eigenvalue weighted by molar-refractivity contribution is 0.00565. The molecule has 0 atom stereocenters. The van der Waals surface area contributed by atoms with Crippen LogP contribution in [-0.4, -0.2) is 67.0 Å². The molecule has 1 aromatic rings. The van der Waals surface area contributed by atoms with Gasteiger partial charge in [-0.1, -0.05) is 30.3 Å². The van der Waals surface area contributed by atoms with E-state index < -0.39 is 0 Å². The molecule has 1 aromatic carbocycles. The number of hydrogen-bond donors (Lipinski definition) is 3. The highest BCUT2D eigenvalue weighted by molar-refractivity contribution is 5.80. The number of aliphatic imine (C=N–C) groups is 1. The van der Waals surface area contributed by atoms with Crippen LogP contribution in [0, 0.1) is 0 Å². The summed E-state index contributed by atoms with van der Waals surface area (Å²) in [5.74, 6) is 0.896. The first-order valence-electron chi connectivity index (χ1n) is 11.8. The Labute approximate surface area is 182 Å². The maximum absolute atomic E-state index is 9.66. The lowest BCUT2D eigenvalue weighted by Crippen LogP contribution is -2.45. The molecule has 0 aromatic heterocycles. The molecule has 6 nitrogen and oxygen atoms in total. The van der Waals surface area contributed by atoms with E-state index in [2.05, 4.69) is 52.8 Å². The third kappa shape index (κ3) is 8.25. The SMILES string of the molecule is CCNC(=NCCCOC1CCN(Cc2ccccc2)CC1)NC1CCC(O)CC1. The van der Waals surface area contributed by atoms with Gasteiger partial charge in [0, 0.05) is 45.4 Å². The molecule has 1 aliphatic heterocycles. The highest BCUT2D eigenvalue weighted by Gasteiger charge is 2.20. The summed E-state index contributed by atoms with van der Waals surface area (Å²) in [4.78, 5) is 7.24. The van der Waals surface area contributed by atoms with Crippen LogP contribution in [0.1, 0.15) is 57.4 Å². The Balaban J connectivity index is 1.28. The molecule has 6 heteroatoms. The van der Waals surface area contributed by atoms with Crippen molar-refractivity contribution in [1.82, 2.24) is 15.5 Å². The molecule has 1 aliphatic carbocycles. The van der Waals surface area contributed by atoms with E-state index in [1.165, 1.54) is 5.56 Å². The van der Waals surface area contributed by atoms with Crippen molar-refractivity contribution < 1.29 is 9.84 Å². The van der Waals surface area contributed by atoms with Crippen molar-refractivity contribution in [2.75, 3.05) is 32.8 Å². The summed E-state index contributed by atoms with van der Waals surface area (Å²) in [6.45, 7) is 7.78. The fraction of sp³-hybridized carbons (Fsp3) is 0.708. The van der Waals surface area contributed by atoms with Gasteiger partial charge in [-0.3, -0.25) is 9.89 Å². The number of benzene rings is 1. The molecule has 0 unspecified atom stereocenters. The molecule has 1 saturated carbocycles. The van der Waals surface area contributed by atoms with Crippen molar-refractivity contribution in [2.24, 2.45) is 4.99 Å². The number of aliphatic hydroxyl groups is 1. The molecular formula is C24H40N4O2. The number of ether oxygens (including phenoxy) is 1. The van der Waals surface area contributed by atoms with Gasteiger partial charge in [-0.25, -0.2) is 0 Å². The van der Waals surface area contributed by atoms with Crippen molar-refractivity contribution in [1.29, 1.82) is 0 Å². The van der Waals surface area contributed by atoms with E-state index in [9.17, 15) is 5.11 Å². The van der Waals surface area contributed by atoms with E-state index in [1.54, 1.807) is 0 Å². The van der Waals surface area contributed by atoms with Gasteiger partial charge >= 0.3 is 0 Å². The third-order valence-electron chi connectivity index (χ3n) is 6.09. The molecular weight excluding hydrogens is 376 g/mol. The molecule has 0 spiro atoms. The van der Waals surface area contributed by atoms with E-state index in [-0.39, 0.29) is 6.10 Å². The van der Waals surface area contributed by atoms with Crippen molar-refractivity contribution in [3.05, 3.63) is 35.9 Å². The van der Waals surface area contributed by atoms with E-state index in [0.29, 0.717) is 12.1 Å². The highest BCUT2D eigenvalue weighted by Crippen LogP contribution is 2.18. The second-order valence-electron chi connectivity index (χ2n) is 8.60. The lowest BCUT2D eigenvalue weighted by atomic mass is 9.93. The zero-order valence-electron chi connectivity index (χ0n) is 18.6. The van der Waals surface area contributed by atoms with Gasteiger partial charge in [0.1, 0.15) is 0 Å². The first-order valence-corrected chi connectivity index (χ1v) is 11.8. The molecule has 3 rings (SSSR count). The quantitative estimate of drug-likeness (QED) is 0.328. The van der Waals surface area contributed by atoms with Crippen LogP contribution < -0.4 is 10.6 Å². The van der Waals surface area contributed by atoms with Crippen molar-refractivity contribution in [2.45, 2.75) is 76.7 Å². The Kier molecular flexibility index (Phi) is 9.93. The number of nitrogens with zero attached hydrogens (tertiary/aromatic N) is 2. The second kappa shape index (κ2) is 12.9. The number of guanidine groups is 1. The Morgan fingerprint density at radius 3 is 2.53 bits per heavy atom. The molecule has 2 aliphatic rings. The van der Waals surface area contributed by atoms with Crippen LogP contribution in [0.5, 0.6) is 0 Å². The Bertz CT molecular complexity index is 609. The molecule has 0 amide bonds. The van der Waals surface area contributed by atoms with Gasteiger partial charge < -0.3 is 20.5 Å². The summed E-state index contributed by atoms with van der Waals surface area (Å²) in [5, 5.41) is 16.5. The average Bonchev–Trinajstić information content (AvgIpc) is 2.77. The summed E-state index contributed by atoms with van der Waals surface area (Å²) in [6.07, 6.45) is 7.25. The molecule has 1 heterocycles.